The standard InChI is InChI=1S/C15H16O2.C2H6O2/c1-15(2,11-3-7-13(16)8-4-11)12-5-9-14(17)10-6-12;3-1-2-4/h3-10,16-17H,1-2H3;3-4H,1-2H2. The van der Waals surface area contributed by atoms with Gasteiger partial charge in [0.1, 0.15) is 11.5 Å². The van der Waals surface area contributed by atoms with Crippen LogP contribution in [0.2, 0.25) is 0 Å². The predicted molar refractivity (Wildman–Crippen MR) is 82.5 cm³/mol. The van der Waals surface area contributed by atoms with E-state index in [0.717, 1.165) is 11.1 Å². The minimum Gasteiger partial charge on any atom is -0.508 e. The topological polar surface area (TPSA) is 80.9 Å². The monoisotopic (exact) mass is 290 g/mol. The third-order valence-corrected chi connectivity index (χ3v) is 3.28. The quantitative estimate of drug-likeness (QED) is 0.699. The first-order valence-electron chi connectivity index (χ1n) is 6.72. The molecule has 4 nitrogen and oxygen atoms in total. The normalized spacial score (nSPS) is 10.7. The molecule has 0 spiro atoms. The molecule has 0 atom stereocenters. The van der Waals surface area contributed by atoms with Crippen molar-refractivity contribution in [3.8, 4) is 11.5 Å². The maximum absolute atomic E-state index is 9.30. The van der Waals surface area contributed by atoms with E-state index in [-0.39, 0.29) is 30.1 Å². The number of aliphatic hydroxyl groups is 2. The van der Waals surface area contributed by atoms with Gasteiger partial charge < -0.3 is 20.4 Å². The molecule has 0 saturated carbocycles. The molecule has 2 aromatic rings. The Balaban J connectivity index is 0.000000491. The van der Waals surface area contributed by atoms with Crippen LogP contribution in [0.15, 0.2) is 48.5 Å². The fourth-order valence-electron chi connectivity index (χ4n) is 1.92. The molecule has 21 heavy (non-hydrogen) atoms. The molecule has 0 heterocycles. The molecule has 2 rings (SSSR count). The zero-order valence-electron chi connectivity index (χ0n) is 12.3. The summed E-state index contributed by atoms with van der Waals surface area (Å²) in [4.78, 5) is 0. The van der Waals surface area contributed by atoms with E-state index < -0.39 is 0 Å². The summed E-state index contributed by atoms with van der Waals surface area (Å²) < 4.78 is 0. The van der Waals surface area contributed by atoms with Gasteiger partial charge in [0.2, 0.25) is 0 Å². The van der Waals surface area contributed by atoms with Crippen molar-refractivity contribution >= 4 is 0 Å². The molecule has 0 amide bonds. The highest BCUT2D eigenvalue weighted by atomic mass is 16.3. The highest BCUT2D eigenvalue weighted by Crippen LogP contribution is 2.32. The largest absolute Gasteiger partial charge is 0.508 e. The Labute approximate surface area is 124 Å². The van der Waals surface area contributed by atoms with Crippen LogP contribution in [0.4, 0.5) is 0 Å². The van der Waals surface area contributed by atoms with E-state index in [1.54, 1.807) is 24.3 Å². The van der Waals surface area contributed by atoms with E-state index in [4.69, 9.17) is 10.2 Å². The lowest BCUT2D eigenvalue weighted by molar-refractivity contribution is 0.186. The van der Waals surface area contributed by atoms with Gasteiger partial charge in [-0.3, -0.25) is 0 Å². The molecule has 2 aromatic carbocycles. The minimum absolute atomic E-state index is 0.125. The minimum atomic E-state index is -0.151. The fraction of sp³-hybridized carbons (Fsp3) is 0.294. The van der Waals surface area contributed by atoms with Gasteiger partial charge in [0.25, 0.3) is 0 Å². The van der Waals surface area contributed by atoms with Crippen LogP contribution in [-0.4, -0.2) is 33.6 Å². The van der Waals surface area contributed by atoms with Crippen LogP contribution in [-0.2, 0) is 5.41 Å². The van der Waals surface area contributed by atoms with Crippen LogP contribution >= 0.6 is 0 Å². The number of phenols is 2. The zero-order chi connectivity index (χ0) is 15.9. The lowest BCUT2D eigenvalue weighted by atomic mass is 9.78. The molecular formula is C17H22O4. The molecule has 0 saturated heterocycles. The molecule has 4 N–H and O–H groups in total. The van der Waals surface area contributed by atoms with Gasteiger partial charge in [-0.2, -0.15) is 0 Å². The van der Waals surface area contributed by atoms with Crippen LogP contribution in [0, 0.1) is 0 Å². The summed E-state index contributed by atoms with van der Waals surface area (Å²) >= 11 is 0. The Kier molecular flexibility index (Phi) is 6.21. The average molecular weight is 290 g/mol. The Bertz CT molecular complexity index is 480. The van der Waals surface area contributed by atoms with Gasteiger partial charge in [0.05, 0.1) is 13.2 Å². The van der Waals surface area contributed by atoms with Crippen LogP contribution in [0.1, 0.15) is 25.0 Å². The molecule has 114 valence electrons. The van der Waals surface area contributed by atoms with Crippen molar-refractivity contribution in [3.05, 3.63) is 59.7 Å². The summed E-state index contributed by atoms with van der Waals surface area (Å²) in [6.45, 7) is 3.98. The lowest BCUT2D eigenvalue weighted by Crippen LogP contribution is -2.18. The van der Waals surface area contributed by atoms with Crippen molar-refractivity contribution in [1.82, 2.24) is 0 Å². The van der Waals surface area contributed by atoms with E-state index in [0.29, 0.717) is 0 Å². The summed E-state index contributed by atoms with van der Waals surface area (Å²) in [6, 6.07) is 14.4. The second kappa shape index (κ2) is 7.67. The van der Waals surface area contributed by atoms with Crippen LogP contribution in [0.25, 0.3) is 0 Å². The average Bonchev–Trinajstić information content (AvgIpc) is 2.48. The van der Waals surface area contributed by atoms with Crippen molar-refractivity contribution in [2.45, 2.75) is 19.3 Å². The molecule has 0 fully saturated rings. The fourth-order valence-corrected chi connectivity index (χ4v) is 1.92. The highest BCUT2D eigenvalue weighted by molar-refractivity contribution is 5.41. The summed E-state index contributed by atoms with van der Waals surface area (Å²) in [5.41, 5.74) is 2.10. The summed E-state index contributed by atoms with van der Waals surface area (Å²) in [6.07, 6.45) is 0. The van der Waals surface area contributed by atoms with Gasteiger partial charge >= 0.3 is 0 Å². The lowest BCUT2D eigenvalue weighted by Gasteiger charge is -2.26. The summed E-state index contributed by atoms with van der Waals surface area (Å²) in [7, 11) is 0. The maximum Gasteiger partial charge on any atom is 0.115 e. The van der Waals surface area contributed by atoms with Crippen molar-refractivity contribution in [3.63, 3.8) is 0 Å². The van der Waals surface area contributed by atoms with E-state index >= 15 is 0 Å². The summed E-state index contributed by atoms with van der Waals surface area (Å²) in [5.74, 6) is 0.547. The van der Waals surface area contributed by atoms with Crippen molar-refractivity contribution < 1.29 is 20.4 Å². The molecule has 0 aliphatic rings. The third kappa shape index (κ3) is 4.77. The van der Waals surface area contributed by atoms with Gasteiger partial charge in [0, 0.05) is 5.41 Å². The van der Waals surface area contributed by atoms with Crippen molar-refractivity contribution in [1.29, 1.82) is 0 Å². The van der Waals surface area contributed by atoms with Crippen molar-refractivity contribution in [2.24, 2.45) is 0 Å². The maximum atomic E-state index is 9.30. The van der Waals surface area contributed by atoms with Gasteiger partial charge in [-0.25, -0.2) is 0 Å². The van der Waals surface area contributed by atoms with E-state index in [1.165, 1.54) is 0 Å². The zero-order valence-corrected chi connectivity index (χ0v) is 12.3. The molecule has 4 heteroatoms. The molecule has 0 radical (unpaired) electrons. The molecule has 0 aromatic heterocycles. The second-order valence-corrected chi connectivity index (χ2v) is 5.17. The van der Waals surface area contributed by atoms with Crippen molar-refractivity contribution in [2.75, 3.05) is 13.2 Å². The second-order valence-electron chi connectivity index (χ2n) is 5.17. The van der Waals surface area contributed by atoms with E-state index in [9.17, 15) is 10.2 Å². The van der Waals surface area contributed by atoms with Gasteiger partial charge in [-0.15, -0.1) is 0 Å². The van der Waals surface area contributed by atoms with Crippen LogP contribution in [0.5, 0.6) is 11.5 Å². The van der Waals surface area contributed by atoms with Gasteiger partial charge in [0.15, 0.2) is 0 Å². The number of phenolic OH excluding ortho intramolecular Hbond substituents is 2. The number of aliphatic hydroxyl groups excluding tert-OH is 2. The Morgan fingerprint density at radius 1 is 0.667 bits per heavy atom. The van der Waals surface area contributed by atoms with E-state index in [1.807, 2.05) is 24.3 Å². The number of aromatic hydroxyl groups is 2. The predicted octanol–water partition coefficient (Wildman–Crippen LogP) is 2.39. The van der Waals surface area contributed by atoms with Crippen LogP contribution in [0.3, 0.4) is 0 Å². The number of hydrogen-bond donors (Lipinski definition) is 4. The van der Waals surface area contributed by atoms with E-state index in [2.05, 4.69) is 13.8 Å². The summed E-state index contributed by atoms with van der Waals surface area (Å²) in [5, 5.41) is 33.8. The first-order valence-corrected chi connectivity index (χ1v) is 6.72. The molecular weight excluding hydrogens is 268 g/mol. The van der Waals surface area contributed by atoms with Gasteiger partial charge in [-0.1, -0.05) is 38.1 Å². The number of benzene rings is 2. The third-order valence-electron chi connectivity index (χ3n) is 3.28. The molecule has 0 bridgehead atoms. The Morgan fingerprint density at radius 3 is 1.19 bits per heavy atom. The highest BCUT2D eigenvalue weighted by Gasteiger charge is 2.22. The molecule has 0 aliphatic heterocycles. The van der Waals surface area contributed by atoms with Crippen LogP contribution < -0.4 is 0 Å². The number of rotatable bonds is 3. The smallest absolute Gasteiger partial charge is 0.115 e. The Hall–Kier alpha value is -2.04. The molecule has 0 aliphatic carbocycles. The Morgan fingerprint density at radius 2 is 0.952 bits per heavy atom. The first kappa shape index (κ1) is 17.0. The SMILES string of the molecule is CC(C)(c1ccc(O)cc1)c1ccc(O)cc1.OCCO. The number of hydrogen-bond acceptors (Lipinski definition) is 4. The first-order chi connectivity index (χ1) is 9.91. The van der Waals surface area contributed by atoms with Gasteiger partial charge in [-0.05, 0) is 35.4 Å². The molecule has 0 unspecified atom stereocenters.